The molecule has 0 bridgehead atoms. The summed E-state index contributed by atoms with van der Waals surface area (Å²) in [6.45, 7) is 0. The summed E-state index contributed by atoms with van der Waals surface area (Å²) in [6.07, 6.45) is -0.0601. The number of carbonyl (C=O) groups is 2. The molecule has 0 aliphatic heterocycles. The lowest BCUT2D eigenvalue weighted by Crippen LogP contribution is -2.26. The van der Waals surface area contributed by atoms with Gasteiger partial charge in [-0.15, -0.1) is 0 Å². The minimum absolute atomic E-state index is 0.0300. The summed E-state index contributed by atoms with van der Waals surface area (Å²) in [4.78, 5) is 19.7. The van der Waals surface area contributed by atoms with Crippen molar-refractivity contribution in [3.63, 3.8) is 0 Å². The molecule has 0 amide bonds. The van der Waals surface area contributed by atoms with Crippen molar-refractivity contribution in [2.75, 3.05) is 11.5 Å². The molecule has 0 saturated carbocycles. The van der Waals surface area contributed by atoms with Crippen LogP contribution in [0.2, 0.25) is 0 Å². The Morgan fingerprint density at radius 1 is 0.750 bits per heavy atom. The molecule has 24 heavy (non-hydrogen) atoms. The third-order valence-electron chi connectivity index (χ3n) is 2.74. The second kappa shape index (κ2) is 12.4. The summed E-state index contributed by atoms with van der Waals surface area (Å²) >= 11 is 1.27. The van der Waals surface area contributed by atoms with Gasteiger partial charge in [0.1, 0.15) is 0 Å². The molecule has 0 atom stereocenters. The van der Waals surface area contributed by atoms with Gasteiger partial charge in [0, 0.05) is 36.2 Å². The van der Waals surface area contributed by atoms with Crippen LogP contribution in [0.3, 0.4) is 0 Å². The Bertz CT molecular complexity index is 551. The first-order valence-electron chi connectivity index (χ1n) is 7.42. The molecule has 2 aromatic rings. The van der Waals surface area contributed by atoms with Crippen LogP contribution in [0.25, 0.3) is 0 Å². The summed E-state index contributed by atoms with van der Waals surface area (Å²) in [6, 6.07) is 21.2. The number of carbonyl (C=O) groups excluding carboxylic acids is 2. The van der Waals surface area contributed by atoms with Crippen LogP contribution in [0.1, 0.15) is 12.8 Å². The van der Waals surface area contributed by atoms with Crippen molar-refractivity contribution in [3.05, 3.63) is 60.7 Å². The average Bonchev–Trinajstić information content (AvgIpc) is 2.56. The maximum Gasteiger partial charge on any atom is 1.01 e. The minimum atomic E-state index is -1.11. The van der Waals surface area contributed by atoms with E-state index in [1.54, 1.807) is 0 Å². The Morgan fingerprint density at radius 3 is 1.46 bits per heavy atom. The van der Waals surface area contributed by atoms with Gasteiger partial charge >= 0.3 is 19.9 Å². The number of carboxylic acid groups (broad SMARTS) is 2. The third-order valence-corrected chi connectivity index (χ3v) is 4.97. The van der Waals surface area contributed by atoms with E-state index in [0.717, 1.165) is 9.52 Å². The van der Waals surface area contributed by atoms with Crippen LogP contribution in [0.4, 0.5) is 0 Å². The van der Waals surface area contributed by atoms with E-state index in [0.29, 0.717) is 11.5 Å². The lowest BCUT2D eigenvalue weighted by Gasteiger charge is -2.02. The molecule has 0 saturated heterocycles. The normalized spacial score (nSPS) is 9.33. The van der Waals surface area contributed by atoms with Crippen LogP contribution >= 0.6 is 11.8 Å². The van der Waals surface area contributed by atoms with Crippen molar-refractivity contribution in [1.82, 2.24) is 0 Å². The molecule has 0 heterocycles. The van der Waals surface area contributed by atoms with Gasteiger partial charge in [0.15, 0.2) is 0 Å². The van der Waals surface area contributed by atoms with E-state index in [2.05, 4.69) is 60.7 Å². The van der Waals surface area contributed by atoms with Crippen molar-refractivity contribution < 1.29 is 19.8 Å². The summed E-state index contributed by atoms with van der Waals surface area (Å²) in [5.41, 5.74) is 0. The molecule has 0 aliphatic rings. The van der Waals surface area contributed by atoms with Gasteiger partial charge in [0.2, 0.25) is 0 Å². The van der Waals surface area contributed by atoms with Gasteiger partial charge in [-0.05, 0) is 24.3 Å². The number of hydrogen-bond acceptors (Lipinski definition) is 5. The topological polar surface area (TPSA) is 80.3 Å². The first-order chi connectivity index (χ1) is 11.6. The highest BCUT2D eigenvalue weighted by atomic mass is 32.2. The van der Waals surface area contributed by atoms with Gasteiger partial charge < -0.3 is 19.8 Å². The van der Waals surface area contributed by atoms with Gasteiger partial charge in [-0.25, -0.2) is 0 Å². The zero-order valence-electron chi connectivity index (χ0n) is 13.1. The van der Waals surface area contributed by atoms with Gasteiger partial charge in [-0.3, -0.25) is 0 Å². The van der Waals surface area contributed by atoms with Gasteiger partial charge in [0.05, 0.1) is 0 Å². The quantitative estimate of drug-likeness (QED) is 0.462. The van der Waals surface area contributed by atoms with Crippen LogP contribution in [0.5, 0.6) is 0 Å². The monoisotopic (exact) mass is 358 g/mol. The van der Waals surface area contributed by atoms with Crippen LogP contribution in [0.15, 0.2) is 60.7 Å². The summed E-state index contributed by atoms with van der Waals surface area (Å²) < 4.78 is 0. The summed E-state index contributed by atoms with van der Waals surface area (Å²) in [5, 5.41) is 22.5. The highest BCUT2D eigenvalue weighted by Gasteiger charge is 2.41. The molecule has 124 valence electrons. The van der Waals surface area contributed by atoms with Gasteiger partial charge in [-0.1, -0.05) is 36.4 Å². The number of thioether (sulfide) groups is 1. The predicted octanol–water partition coefficient (Wildman–Crippen LogP) is -0.659. The molecule has 4 nitrogen and oxygen atoms in total. The molecule has 0 aliphatic carbocycles. The number of carboxylic acids is 2. The Morgan fingerprint density at radius 2 is 1.12 bits per heavy atom. The van der Waals surface area contributed by atoms with Crippen molar-refractivity contribution in [2.24, 2.45) is 0 Å². The van der Waals surface area contributed by atoms with E-state index in [1.165, 1.54) is 22.1 Å². The molecule has 0 fully saturated rings. The Labute approximate surface area is 148 Å². The molecule has 2 aromatic carbocycles. The van der Waals surface area contributed by atoms with E-state index in [9.17, 15) is 19.8 Å². The highest BCUT2D eigenvalue weighted by molar-refractivity contribution is 7.99. The van der Waals surface area contributed by atoms with E-state index < -0.39 is 11.9 Å². The minimum Gasteiger partial charge on any atom is -0.550 e. The molecule has 2 rings (SSSR count). The Hall–Kier alpha value is -2.05. The van der Waals surface area contributed by atoms with Crippen LogP contribution in [-0.4, -0.2) is 33.0 Å². The zero-order valence-corrected chi connectivity index (χ0v) is 15.0. The molecule has 0 N–H and O–H groups in total. The third kappa shape index (κ3) is 10.6. The van der Waals surface area contributed by atoms with Crippen LogP contribution in [0, 0.1) is 0 Å². The number of aliphatic carboxylic acids is 2. The lowest BCUT2D eigenvalue weighted by molar-refractivity contribution is -0.306. The molecule has 0 radical (unpaired) electrons. The van der Waals surface area contributed by atoms with Crippen molar-refractivity contribution in [1.29, 1.82) is 0 Å². The first-order valence-corrected chi connectivity index (χ1v) is 9.58. The fourth-order valence-electron chi connectivity index (χ4n) is 1.62. The first kappa shape index (κ1) is 20.0. The molecule has 0 unspecified atom stereocenters. The van der Waals surface area contributed by atoms with Crippen molar-refractivity contribution in [2.45, 2.75) is 12.8 Å². The number of benzene rings is 2. The Kier molecular flexibility index (Phi) is 10.3. The van der Waals surface area contributed by atoms with Gasteiger partial charge in [-0.2, -0.15) is 11.8 Å². The zero-order chi connectivity index (χ0) is 17.6. The molecular formula is C18H18O4SSi. The van der Waals surface area contributed by atoms with E-state index in [1.807, 2.05) is 0 Å². The SMILES string of the molecule is O=C([O-])CCSCCC(=O)[O-].c1ccc([Si+2]c2ccccc2)cc1. The molecule has 6 heteroatoms. The van der Waals surface area contributed by atoms with Crippen molar-refractivity contribution in [3.8, 4) is 0 Å². The van der Waals surface area contributed by atoms with E-state index in [-0.39, 0.29) is 12.8 Å². The largest absolute Gasteiger partial charge is 1.01 e. The number of hydrogen-bond donors (Lipinski definition) is 0. The predicted molar refractivity (Wildman–Crippen MR) is 94.5 cm³/mol. The van der Waals surface area contributed by atoms with Crippen LogP contribution in [-0.2, 0) is 9.59 Å². The fraction of sp³-hybridized carbons (Fsp3) is 0.222. The Balaban J connectivity index is 0.000000245. The smallest absolute Gasteiger partial charge is 0.550 e. The second-order valence-corrected chi connectivity index (χ2v) is 7.34. The molecule has 0 aromatic heterocycles. The highest BCUT2D eigenvalue weighted by Crippen LogP contribution is 2.02. The number of rotatable bonds is 8. The standard InChI is InChI=1S/C12H10Si.C6H10O4S/c1-3-7-11(8-4-1)13-12-9-5-2-6-10-12;7-5(8)1-3-11-4-2-6(9)10/h1-10H;1-4H2,(H,7,8)(H,9,10)/q+2;/p-2. The van der Waals surface area contributed by atoms with E-state index in [4.69, 9.17) is 0 Å². The van der Waals surface area contributed by atoms with Crippen LogP contribution < -0.4 is 20.6 Å². The summed E-state index contributed by atoms with van der Waals surface area (Å²) in [7, 11) is 0.777. The lowest BCUT2D eigenvalue weighted by atomic mass is 10.4. The second-order valence-electron chi connectivity index (χ2n) is 4.71. The maximum atomic E-state index is 9.84. The summed E-state index contributed by atoms with van der Waals surface area (Å²) in [5.74, 6) is -1.41. The molecular weight excluding hydrogens is 340 g/mol. The fourth-order valence-corrected chi connectivity index (χ4v) is 3.50. The maximum absolute atomic E-state index is 9.84. The van der Waals surface area contributed by atoms with Gasteiger partial charge in [0.25, 0.3) is 0 Å². The molecule has 0 spiro atoms. The van der Waals surface area contributed by atoms with E-state index >= 15 is 0 Å². The van der Waals surface area contributed by atoms with Crippen molar-refractivity contribution >= 4 is 43.6 Å². The average molecular weight is 358 g/mol.